The summed E-state index contributed by atoms with van der Waals surface area (Å²) in [5.41, 5.74) is 2.59. The second-order valence-electron chi connectivity index (χ2n) is 5.35. The average Bonchev–Trinajstić information content (AvgIpc) is 2.77. The molecule has 1 atom stereocenters. The molecule has 0 bridgehead atoms. The molecular formula is C15H20BrNO2. The van der Waals surface area contributed by atoms with Crippen LogP contribution < -0.4 is 14.8 Å². The summed E-state index contributed by atoms with van der Waals surface area (Å²) < 4.78 is 12.7. The first-order valence-electron chi connectivity index (χ1n) is 7.06. The third-order valence-corrected chi connectivity index (χ3v) is 4.55. The van der Waals surface area contributed by atoms with Gasteiger partial charge in [-0.2, -0.15) is 0 Å². The Morgan fingerprint density at radius 2 is 2.05 bits per heavy atom. The molecule has 1 unspecified atom stereocenters. The Hall–Kier alpha value is -0.740. The fraction of sp³-hybridized carbons (Fsp3) is 0.600. The molecule has 0 aliphatic carbocycles. The standard InChI is InChI=1S/C15H20BrNO2/c1-10-11(8-12-4-2-5-17-12)9-13(16)15-14(10)18-6-3-7-19-15/h9,12,17H,2-8H2,1H3. The SMILES string of the molecule is Cc1c(CC2CCCN2)cc(Br)c2c1OCCCO2. The van der Waals surface area contributed by atoms with Crippen molar-refractivity contribution in [3.8, 4) is 11.5 Å². The van der Waals surface area contributed by atoms with Crippen LogP contribution >= 0.6 is 15.9 Å². The van der Waals surface area contributed by atoms with Crippen molar-refractivity contribution in [3.05, 3.63) is 21.7 Å². The van der Waals surface area contributed by atoms with E-state index in [4.69, 9.17) is 9.47 Å². The molecule has 3 nitrogen and oxygen atoms in total. The molecule has 3 rings (SSSR count). The first-order valence-corrected chi connectivity index (χ1v) is 7.86. The molecule has 0 saturated carbocycles. The monoisotopic (exact) mass is 325 g/mol. The van der Waals surface area contributed by atoms with Crippen molar-refractivity contribution >= 4 is 15.9 Å². The lowest BCUT2D eigenvalue weighted by Crippen LogP contribution is -2.24. The summed E-state index contributed by atoms with van der Waals surface area (Å²) in [6.45, 7) is 4.76. The van der Waals surface area contributed by atoms with Crippen LogP contribution in [0.2, 0.25) is 0 Å². The minimum absolute atomic E-state index is 0.607. The smallest absolute Gasteiger partial charge is 0.175 e. The van der Waals surface area contributed by atoms with E-state index in [1.807, 2.05) is 0 Å². The molecule has 0 spiro atoms. The van der Waals surface area contributed by atoms with E-state index in [9.17, 15) is 0 Å². The largest absolute Gasteiger partial charge is 0.489 e. The summed E-state index contributed by atoms with van der Waals surface area (Å²) in [6.07, 6.45) is 4.57. The van der Waals surface area contributed by atoms with Gasteiger partial charge in [0, 0.05) is 12.5 Å². The molecule has 0 aromatic heterocycles. The van der Waals surface area contributed by atoms with Gasteiger partial charge in [-0.3, -0.25) is 0 Å². The molecule has 2 heterocycles. The van der Waals surface area contributed by atoms with E-state index in [1.165, 1.54) is 24.0 Å². The van der Waals surface area contributed by atoms with Gasteiger partial charge in [0.15, 0.2) is 11.5 Å². The molecule has 2 aliphatic rings. The second kappa shape index (κ2) is 5.71. The number of hydrogen-bond donors (Lipinski definition) is 1. The maximum atomic E-state index is 5.89. The predicted molar refractivity (Wildman–Crippen MR) is 79.2 cm³/mol. The lowest BCUT2D eigenvalue weighted by molar-refractivity contribution is 0.296. The van der Waals surface area contributed by atoms with Gasteiger partial charge < -0.3 is 14.8 Å². The molecule has 0 radical (unpaired) electrons. The number of hydrogen-bond acceptors (Lipinski definition) is 3. The molecule has 1 aromatic carbocycles. The van der Waals surface area contributed by atoms with Gasteiger partial charge in [0.2, 0.25) is 0 Å². The number of rotatable bonds is 2. The maximum absolute atomic E-state index is 5.89. The summed E-state index contributed by atoms with van der Waals surface area (Å²) in [4.78, 5) is 0. The topological polar surface area (TPSA) is 30.5 Å². The van der Waals surface area contributed by atoms with Crippen LogP contribution in [0.1, 0.15) is 30.4 Å². The molecule has 2 aliphatic heterocycles. The van der Waals surface area contributed by atoms with E-state index in [0.717, 1.165) is 48.6 Å². The third-order valence-electron chi connectivity index (χ3n) is 3.96. The fourth-order valence-electron chi connectivity index (χ4n) is 2.88. The Morgan fingerprint density at radius 1 is 1.26 bits per heavy atom. The highest BCUT2D eigenvalue weighted by atomic mass is 79.9. The van der Waals surface area contributed by atoms with Crippen LogP contribution in [0.3, 0.4) is 0 Å². The van der Waals surface area contributed by atoms with Crippen molar-refractivity contribution < 1.29 is 9.47 Å². The van der Waals surface area contributed by atoms with Gasteiger partial charge in [0.1, 0.15) is 0 Å². The summed E-state index contributed by atoms with van der Waals surface area (Å²) in [6, 6.07) is 2.80. The highest BCUT2D eigenvalue weighted by Crippen LogP contribution is 2.41. The highest BCUT2D eigenvalue weighted by molar-refractivity contribution is 9.10. The molecule has 0 amide bonds. The summed E-state index contributed by atoms with van der Waals surface area (Å²) >= 11 is 3.63. The van der Waals surface area contributed by atoms with Crippen LogP contribution in [-0.4, -0.2) is 25.8 Å². The fourth-order valence-corrected chi connectivity index (χ4v) is 3.45. The van der Waals surface area contributed by atoms with Crippen LogP contribution in [0, 0.1) is 6.92 Å². The zero-order valence-electron chi connectivity index (χ0n) is 11.3. The average molecular weight is 326 g/mol. The second-order valence-corrected chi connectivity index (χ2v) is 6.20. The van der Waals surface area contributed by atoms with Crippen molar-refractivity contribution in [1.29, 1.82) is 0 Å². The maximum Gasteiger partial charge on any atom is 0.175 e. The number of benzene rings is 1. The van der Waals surface area contributed by atoms with Gasteiger partial charge in [0.25, 0.3) is 0 Å². The molecule has 1 N–H and O–H groups in total. The van der Waals surface area contributed by atoms with Gasteiger partial charge in [0.05, 0.1) is 17.7 Å². The van der Waals surface area contributed by atoms with Crippen molar-refractivity contribution in [3.63, 3.8) is 0 Å². The molecule has 1 fully saturated rings. The van der Waals surface area contributed by atoms with Crippen LogP contribution in [0.15, 0.2) is 10.5 Å². The van der Waals surface area contributed by atoms with E-state index in [-0.39, 0.29) is 0 Å². The van der Waals surface area contributed by atoms with E-state index in [0.29, 0.717) is 6.04 Å². The van der Waals surface area contributed by atoms with Gasteiger partial charge in [-0.25, -0.2) is 0 Å². The zero-order valence-corrected chi connectivity index (χ0v) is 12.9. The van der Waals surface area contributed by atoms with Crippen molar-refractivity contribution in [2.24, 2.45) is 0 Å². The normalized spacial score (nSPS) is 22.3. The molecule has 19 heavy (non-hydrogen) atoms. The number of halogens is 1. The first kappa shape index (κ1) is 13.3. The van der Waals surface area contributed by atoms with Crippen LogP contribution in [0.4, 0.5) is 0 Å². The summed E-state index contributed by atoms with van der Waals surface area (Å²) in [5, 5.41) is 3.56. The summed E-state index contributed by atoms with van der Waals surface area (Å²) in [7, 11) is 0. The van der Waals surface area contributed by atoms with Gasteiger partial charge >= 0.3 is 0 Å². The van der Waals surface area contributed by atoms with Gasteiger partial charge in [-0.15, -0.1) is 0 Å². The number of ether oxygens (including phenoxy) is 2. The van der Waals surface area contributed by atoms with Gasteiger partial charge in [-0.1, -0.05) is 0 Å². The molecule has 4 heteroatoms. The minimum atomic E-state index is 0.607. The molecule has 104 valence electrons. The molecule has 1 saturated heterocycles. The van der Waals surface area contributed by atoms with Crippen LogP contribution in [0.25, 0.3) is 0 Å². The van der Waals surface area contributed by atoms with Crippen LogP contribution in [-0.2, 0) is 6.42 Å². The van der Waals surface area contributed by atoms with E-state index in [1.54, 1.807) is 0 Å². The Kier molecular flexibility index (Phi) is 3.99. The quantitative estimate of drug-likeness (QED) is 0.905. The van der Waals surface area contributed by atoms with E-state index in [2.05, 4.69) is 34.2 Å². The highest BCUT2D eigenvalue weighted by Gasteiger charge is 2.22. The van der Waals surface area contributed by atoms with Crippen molar-refractivity contribution in [2.75, 3.05) is 19.8 Å². The lowest BCUT2D eigenvalue weighted by Gasteiger charge is -2.18. The van der Waals surface area contributed by atoms with Crippen molar-refractivity contribution in [2.45, 2.75) is 38.6 Å². The Morgan fingerprint density at radius 3 is 2.79 bits per heavy atom. The van der Waals surface area contributed by atoms with Crippen molar-refractivity contribution in [1.82, 2.24) is 5.32 Å². The number of nitrogens with one attached hydrogen (secondary N) is 1. The third kappa shape index (κ3) is 2.75. The molecular weight excluding hydrogens is 306 g/mol. The summed E-state index contributed by atoms with van der Waals surface area (Å²) in [5.74, 6) is 1.80. The van der Waals surface area contributed by atoms with Crippen LogP contribution in [0.5, 0.6) is 11.5 Å². The molecule has 1 aromatic rings. The van der Waals surface area contributed by atoms with E-state index >= 15 is 0 Å². The lowest BCUT2D eigenvalue weighted by atomic mass is 9.99. The Balaban J connectivity index is 1.92. The Labute approximate surface area is 122 Å². The minimum Gasteiger partial charge on any atom is -0.489 e. The number of fused-ring (bicyclic) bond motifs is 1. The zero-order chi connectivity index (χ0) is 13.2. The predicted octanol–water partition coefficient (Wildman–Crippen LogP) is 3.21. The Bertz CT molecular complexity index is 470. The van der Waals surface area contributed by atoms with E-state index < -0.39 is 0 Å². The van der Waals surface area contributed by atoms with Gasteiger partial charge in [-0.05, 0) is 65.9 Å². The first-order chi connectivity index (χ1) is 9.25.